The Morgan fingerprint density at radius 1 is 1.53 bits per heavy atom. The Balaban J connectivity index is 3.18. The topological polar surface area (TPSA) is 81.5 Å². The molecule has 0 spiro atoms. The number of nitrogens with zero attached hydrogens (tertiary/aromatic N) is 1. The van der Waals surface area contributed by atoms with Crippen LogP contribution in [0.1, 0.15) is 15.9 Å². The van der Waals surface area contributed by atoms with Gasteiger partial charge in [-0.2, -0.15) is 0 Å². The van der Waals surface area contributed by atoms with Crippen LogP contribution in [0.15, 0.2) is 18.2 Å². The number of amides is 1. The monoisotopic (exact) mass is 210 g/mol. The van der Waals surface area contributed by atoms with Gasteiger partial charge in [-0.25, -0.2) is 5.48 Å². The van der Waals surface area contributed by atoms with Gasteiger partial charge >= 0.3 is 0 Å². The van der Waals surface area contributed by atoms with Crippen molar-refractivity contribution in [3.8, 4) is 0 Å². The lowest BCUT2D eigenvalue weighted by atomic mass is 10.1. The van der Waals surface area contributed by atoms with Crippen molar-refractivity contribution < 1.29 is 14.6 Å². The minimum Gasteiger partial charge on any atom is -0.277 e. The third-order valence-corrected chi connectivity index (χ3v) is 1.79. The zero-order valence-corrected chi connectivity index (χ0v) is 8.31. The van der Waals surface area contributed by atoms with E-state index in [2.05, 4.69) is 4.84 Å². The molecule has 6 nitrogen and oxygen atoms in total. The highest BCUT2D eigenvalue weighted by atomic mass is 16.6. The number of nitro groups is 1. The van der Waals surface area contributed by atoms with Crippen LogP contribution in [0.2, 0.25) is 0 Å². The van der Waals surface area contributed by atoms with Crippen LogP contribution in [-0.4, -0.2) is 17.9 Å². The minimum absolute atomic E-state index is 0.0122. The van der Waals surface area contributed by atoms with Crippen LogP contribution < -0.4 is 5.48 Å². The highest BCUT2D eigenvalue weighted by Crippen LogP contribution is 2.19. The predicted octanol–water partition coefficient (Wildman–Crippen LogP) is 1.19. The lowest BCUT2D eigenvalue weighted by molar-refractivity contribution is -0.385. The molecule has 0 bridgehead atoms. The number of nitro benzene ring substituents is 1. The third kappa shape index (κ3) is 2.50. The van der Waals surface area contributed by atoms with Gasteiger partial charge in [-0.1, -0.05) is 6.07 Å². The molecule has 0 heterocycles. The van der Waals surface area contributed by atoms with E-state index in [1.165, 1.54) is 19.2 Å². The first-order chi connectivity index (χ1) is 7.06. The van der Waals surface area contributed by atoms with Gasteiger partial charge in [-0.15, -0.1) is 0 Å². The number of rotatable bonds is 3. The van der Waals surface area contributed by atoms with Crippen molar-refractivity contribution in [2.24, 2.45) is 0 Å². The molecule has 15 heavy (non-hydrogen) atoms. The van der Waals surface area contributed by atoms with E-state index in [4.69, 9.17) is 0 Å². The maximum absolute atomic E-state index is 11.4. The molecule has 0 aromatic heterocycles. The fraction of sp³-hybridized carbons (Fsp3) is 0.222. The highest BCUT2D eigenvalue weighted by Gasteiger charge is 2.19. The Labute approximate surface area is 86.0 Å². The number of hydroxylamine groups is 1. The fourth-order valence-corrected chi connectivity index (χ4v) is 1.14. The summed E-state index contributed by atoms with van der Waals surface area (Å²) in [4.78, 5) is 25.8. The third-order valence-electron chi connectivity index (χ3n) is 1.79. The van der Waals surface area contributed by atoms with E-state index < -0.39 is 10.8 Å². The maximum Gasteiger partial charge on any atom is 0.282 e. The zero-order chi connectivity index (χ0) is 11.4. The van der Waals surface area contributed by atoms with Crippen molar-refractivity contribution in [2.75, 3.05) is 7.11 Å². The summed E-state index contributed by atoms with van der Waals surface area (Å²) in [6.07, 6.45) is 0. The molecule has 80 valence electrons. The quantitative estimate of drug-likeness (QED) is 0.600. The molecular formula is C9H10N2O4. The van der Waals surface area contributed by atoms with Gasteiger partial charge in [-0.3, -0.25) is 19.7 Å². The number of aryl methyl sites for hydroxylation is 1. The Morgan fingerprint density at radius 2 is 2.20 bits per heavy atom. The van der Waals surface area contributed by atoms with Gasteiger partial charge in [0.05, 0.1) is 12.0 Å². The summed E-state index contributed by atoms with van der Waals surface area (Å²) in [6, 6.07) is 4.30. The molecule has 0 aliphatic carbocycles. The number of carbonyl (C=O) groups excluding carboxylic acids is 1. The van der Waals surface area contributed by atoms with Crippen molar-refractivity contribution in [1.82, 2.24) is 5.48 Å². The van der Waals surface area contributed by atoms with Crippen molar-refractivity contribution in [3.63, 3.8) is 0 Å². The van der Waals surface area contributed by atoms with Crippen LogP contribution in [0, 0.1) is 17.0 Å². The Bertz CT molecular complexity index is 403. The van der Waals surface area contributed by atoms with Crippen LogP contribution in [0.25, 0.3) is 0 Å². The zero-order valence-electron chi connectivity index (χ0n) is 8.31. The van der Waals surface area contributed by atoms with Gasteiger partial charge < -0.3 is 0 Å². The van der Waals surface area contributed by atoms with Crippen molar-refractivity contribution in [1.29, 1.82) is 0 Å². The van der Waals surface area contributed by atoms with E-state index in [9.17, 15) is 14.9 Å². The molecule has 1 aromatic carbocycles. The Hall–Kier alpha value is -1.95. The lowest BCUT2D eigenvalue weighted by Crippen LogP contribution is -2.22. The van der Waals surface area contributed by atoms with Crippen LogP contribution in [0.4, 0.5) is 5.69 Å². The molecule has 0 atom stereocenters. The predicted molar refractivity (Wildman–Crippen MR) is 52.3 cm³/mol. The molecule has 0 aliphatic heterocycles. The summed E-state index contributed by atoms with van der Waals surface area (Å²) in [5.74, 6) is -0.632. The summed E-state index contributed by atoms with van der Waals surface area (Å²) in [5, 5.41) is 10.6. The molecule has 6 heteroatoms. The van der Waals surface area contributed by atoms with E-state index in [1.54, 1.807) is 13.0 Å². The van der Waals surface area contributed by atoms with Crippen molar-refractivity contribution in [2.45, 2.75) is 6.92 Å². The van der Waals surface area contributed by atoms with Gasteiger partial charge in [0, 0.05) is 6.07 Å². The minimum atomic E-state index is -0.632. The molecule has 1 rings (SSSR count). The number of hydrogen-bond acceptors (Lipinski definition) is 4. The molecule has 1 aromatic rings. The molecule has 1 N–H and O–H groups in total. The van der Waals surface area contributed by atoms with Crippen LogP contribution >= 0.6 is 0 Å². The van der Waals surface area contributed by atoms with Crippen molar-refractivity contribution >= 4 is 11.6 Å². The van der Waals surface area contributed by atoms with Gasteiger partial charge in [0.25, 0.3) is 11.6 Å². The SMILES string of the molecule is CONC(=O)c1cc(C)ccc1[N+](=O)[O-]. The second-order valence-electron chi connectivity index (χ2n) is 2.91. The highest BCUT2D eigenvalue weighted by molar-refractivity contribution is 5.97. The summed E-state index contributed by atoms with van der Waals surface area (Å²) < 4.78 is 0. The molecule has 0 radical (unpaired) electrons. The second-order valence-corrected chi connectivity index (χ2v) is 2.91. The molecular weight excluding hydrogens is 200 g/mol. The first-order valence-corrected chi connectivity index (χ1v) is 4.14. The number of hydrogen-bond donors (Lipinski definition) is 1. The van der Waals surface area contributed by atoms with Gasteiger partial charge in [0.2, 0.25) is 0 Å². The van der Waals surface area contributed by atoms with Crippen LogP contribution in [0.3, 0.4) is 0 Å². The first kappa shape index (κ1) is 11.1. The van der Waals surface area contributed by atoms with Gasteiger partial charge in [0.1, 0.15) is 5.56 Å². The molecule has 0 unspecified atom stereocenters. The number of benzene rings is 1. The van der Waals surface area contributed by atoms with Gasteiger partial charge in [0.15, 0.2) is 0 Å². The van der Waals surface area contributed by atoms with E-state index in [-0.39, 0.29) is 11.3 Å². The van der Waals surface area contributed by atoms with Crippen LogP contribution in [0.5, 0.6) is 0 Å². The summed E-state index contributed by atoms with van der Waals surface area (Å²) in [6.45, 7) is 1.74. The maximum atomic E-state index is 11.4. The largest absolute Gasteiger partial charge is 0.282 e. The molecule has 0 saturated heterocycles. The normalized spacial score (nSPS) is 9.73. The van der Waals surface area contributed by atoms with Crippen LogP contribution in [-0.2, 0) is 4.84 Å². The summed E-state index contributed by atoms with van der Waals surface area (Å²) in [5.41, 5.74) is 2.55. The number of nitrogens with one attached hydrogen (secondary N) is 1. The standard InChI is InChI=1S/C9H10N2O4/c1-6-3-4-8(11(13)14)7(5-6)9(12)10-15-2/h3-5H,1-2H3,(H,10,12). The Kier molecular flexibility index (Phi) is 3.35. The summed E-state index contributed by atoms with van der Waals surface area (Å²) in [7, 11) is 1.26. The van der Waals surface area contributed by atoms with E-state index >= 15 is 0 Å². The summed E-state index contributed by atoms with van der Waals surface area (Å²) >= 11 is 0. The number of carbonyl (C=O) groups is 1. The smallest absolute Gasteiger partial charge is 0.277 e. The van der Waals surface area contributed by atoms with E-state index in [1.807, 2.05) is 5.48 Å². The molecule has 0 fully saturated rings. The Morgan fingerprint density at radius 3 is 2.73 bits per heavy atom. The fourth-order valence-electron chi connectivity index (χ4n) is 1.14. The van der Waals surface area contributed by atoms with Gasteiger partial charge in [-0.05, 0) is 18.6 Å². The van der Waals surface area contributed by atoms with Crippen molar-refractivity contribution in [3.05, 3.63) is 39.4 Å². The van der Waals surface area contributed by atoms with E-state index in [0.29, 0.717) is 0 Å². The lowest BCUT2D eigenvalue weighted by Gasteiger charge is -2.03. The average molecular weight is 210 g/mol. The second kappa shape index (κ2) is 4.52. The first-order valence-electron chi connectivity index (χ1n) is 4.14. The average Bonchev–Trinajstić information content (AvgIpc) is 2.17. The molecule has 0 aliphatic rings. The van der Waals surface area contributed by atoms with E-state index in [0.717, 1.165) is 5.56 Å². The molecule has 1 amide bonds. The molecule has 0 saturated carbocycles.